The molecule has 0 spiro atoms. The standard InChI is InChI=1S/C37H47N5O13/c1-6-51-29(46)15-11-8-12-20-52-37(36(49)50-5)34(47)31(41-42-38)30(40-22(2)43)33(55-37)32(54-24(4)45)28(53-23(3)44)21-39-35(48)27-18-16-26(17-19-27)25-13-9-7-10-14-25/h7,9-10,13-14,16-19,28,30-34,47H,6,8,11-12,15,20-21H2,1-5H3,(H,39,48)(H,40,43)/t28-,30-,31?,32-,33?,34+,37-/m1/s1. The molecule has 0 saturated carbocycles. The number of methoxy groups -OCH3 is 1. The smallest absolute Gasteiger partial charge is 0.369 e. The van der Waals surface area contributed by atoms with Crippen molar-refractivity contribution in [1.29, 1.82) is 0 Å². The van der Waals surface area contributed by atoms with E-state index in [2.05, 4.69) is 20.7 Å². The summed E-state index contributed by atoms with van der Waals surface area (Å²) in [7, 11) is 0.980. The second kappa shape index (κ2) is 21.4. The lowest BCUT2D eigenvalue weighted by atomic mass is 9.84. The number of ether oxygens (including phenoxy) is 6. The predicted molar refractivity (Wildman–Crippen MR) is 193 cm³/mol. The number of carbonyl (C=O) groups excluding carboxylic acids is 6. The molecule has 1 fully saturated rings. The minimum atomic E-state index is -2.75. The number of aliphatic hydroxyl groups excluding tert-OH is 1. The lowest BCUT2D eigenvalue weighted by Crippen LogP contribution is -2.74. The summed E-state index contributed by atoms with van der Waals surface area (Å²) in [6.45, 7) is 4.35. The van der Waals surface area contributed by atoms with Crippen molar-refractivity contribution in [2.75, 3.05) is 26.9 Å². The molecule has 2 unspecified atom stereocenters. The molecular formula is C37H47N5O13. The van der Waals surface area contributed by atoms with Crippen molar-refractivity contribution in [1.82, 2.24) is 10.6 Å². The van der Waals surface area contributed by atoms with Crippen LogP contribution in [-0.4, -0.2) is 110 Å². The highest BCUT2D eigenvalue weighted by atomic mass is 16.8. The molecule has 0 bridgehead atoms. The summed E-state index contributed by atoms with van der Waals surface area (Å²) >= 11 is 0. The molecule has 0 radical (unpaired) electrons. The SMILES string of the molecule is CCOC(=O)CCCCCO[C@@]1(C(=O)OC)OC([C@H](OC(C)=O)[C@@H](CNC(=O)c2ccc(-c3ccccc3)cc2)OC(C)=O)[C@H](NC(C)=O)C(N=[N+]=[N-])[C@@H]1O. The van der Waals surface area contributed by atoms with Gasteiger partial charge in [-0.15, -0.1) is 0 Å². The molecular weight excluding hydrogens is 722 g/mol. The summed E-state index contributed by atoms with van der Waals surface area (Å²) < 4.78 is 33.1. The average molecular weight is 770 g/mol. The van der Waals surface area contributed by atoms with Gasteiger partial charge in [0.25, 0.3) is 11.7 Å². The van der Waals surface area contributed by atoms with Crippen LogP contribution in [0.4, 0.5) is 0 Å². The molecule has 55 heavy (non-hydrogen) atoms. The van der Waals surface area contributed by atoms with E-state index in [-0.39, 0.29) is 37.6 Å². The maximum atomic E-state index is 13.5. The fourth-order valence-electron chi connectivity index (χ4n) is 6.05. The van der Waals surface area contributed by atoms with Gasteiger partial charge in [-0.2, -0.15) is 0 Å². The van der Waals surface area contributed by atoms with Gasteiger partial charge in [0, 0.05) is 37.7 Å². The highest BCUT2D eigenvalue weighted by molar-refractivity contribution is 5.94. The van der Waals surface area contributed by atoms with Crippen molar-refractivity contribution in [2.45, 2.75) is 95.7 Å². The quantitative estimate of drug-likeness (QED) is 0.0465. The van der Waals surface area contributed by atoms with Crippen LogP contribution in [-0.2, 0) is 52.4 Å². The number of nitrogens with zero attached hydrogens (tertiary/aromatic N) is 3. The van der Waals surface area contributed by atoms with Gasteiger partial charge in [0.1, 0.15) is 12.2 Å². The van der Waals surface area contributed by atoms with Gasteiger partial charge in [-0.05, 0) is 48.6 Å². The number of nitrogens with one attached hydrogen (secondary N) is 2. The van der Waals surface area contributed by atoms with Crippen LogP contribution in [0.1, 0.15) is 63.7 Å². The van der Waals surface area contributed by atoms with Crippen molar-refractivity contribution in [2.24, 2.45) is 5.11 Å². The lowest BCUT2D eigenvalue weighted by molar-refractivity contribution is -0.333. The van der Waals surface area contributed by atoms with Crippen molar-refractivity contribution < 1.29 is 62.3 Å². The first-order chi connectivity index (χ1) is 26.3. The Hall–Kier alpha value is -5.55. The van der Waals surface area contributed by atoms with E-state index in [9.17, 15) is 39.4 Å². The number of hydrogen-bond donors (Lipinski definition) is 3. The molecule has 1 saturated heterocycles. The normalized spacial score (nSPS) is 21.4. The first-order valence-electron chi connectivity index (χ1n) is 17.6. The Morgan fingerprint density at radius 3 is 2.18 bits per heavy atom. The van der Waals surface area contributed by atoms with Crippen molar-refractivity contribution in [3.63, 3.8) is 0 Å². The van der Waals surface area contributed by atoms with Crippen LogP contribution in [0.2, 0.25) is 0 Å². The molecule has 2 aromatic rings. The Bertz CT molecular complexity index is 1690. The van der Waals surface area contributed by atoms with E-state index in [1.54, 1.807) is 31.2 Å². The number of unbranched alkanes of at least 4 members (excludes halogenated alkanes) is 2. The van der Waals surface area contributed by atoms with Crippen LogP contribution < -0.4 is 10.6 Å². The molecule has 1 heterocycles. The van der Waals surface area contributed by atoms with Crippen LogP contribution in [0, 0.1) is 0 Å². The molecule has 2 aromatic carbocycles. The topological polar surface area (TPSA) is 251 Å². The van der Waals surface area contributed by atoms with E-state index >= 15 is 0 Å². The second-order valence-electron chi connectivity index (χ2n) is 12.4. The van der Waals surface area contributed by atoms with Crippen LogP contribution in [0.3, 0.4) is 0 Å². The van der Waals surface area contributed by atoms with E-state index in [1.807, 2.05) is 30.3 Å². The van der Waals surface area contributed by atoms with Gasteiger partial charge in [-0.3, -0.25) is 24.0 Å². The predicted octanol–water partition coefficient (Wildman–Crippen LogP) is 2.90. The molecule has 3 rings (SSSR count). The lowest BCUT2D eigenvalue weighted by Gasteiger charge is -2.50. The third-order valence-electron chi connectivity index (χ3n) is 8.45. The van der Waals surface area contributed by atoms with E-state index < -0.39 is 78.6 Å². The Balaban J connectivity index is 2.00. The van der Waals surface area contributed by atoms with Gasteiger partial charge < -0.3 is 44.2 Å². The monoisotopic (exact) mass is 769 g/mol. The van der Waals surface area contributed by atoms with Crippen molar-refractivity contribution >= 4 is 35.7 Å². The molecule has 0 aromatic heterocycles. The third-order valence-corrected chi connectivity index (χ3v) is 8.45. The molecule has 1 aliphatic rings. The van der Waals surface area contributed by atoms with E-state index in [1.165, 1.54) is 0 Å². The molecule has 3 N–H and O–H groups in total. The number of hydrogen-bond acceptors (Lipinski definition) is 14. The Kier molecular flexibility index (Phi) is 17.0. The molecule has 7 atom stereocenters. The largest absolute Gasteiger partial charge is 0.466 e. The molecule has 2 amide bonds. The van der Waals surface area contributed by atoms with E-state index in [4.69, 9.17) is 28.4 Å². The van der Waals surface area contributed by atoms with Crippen LogP contribution in [0.25, 0.3) is 21.6 Å². The van der Waals surface area contributed by atoms with Gasteiger partial charge >= 0.3 is 23.9 Å². The number of azide groups is 1. The maximum absolute atomic E-state index is 13.5. The number of benzene rings is 2. The first kappa shape index (κ1) is 43.9. The van der Waals surface area contributed by atoms with Gasteiger partial charge in [0.05, 0.1) is 39.0 Å². The third kappa shape index (κ3) is 12.2. The number of esters is 4. The summed E-state index contributed by atoms with van der Waals surface area (Å²) in [6.07, 6.45) is -5.99. The first-order valence-corrected chi connectivity index (χ1v) is 17.6. The highest BCUT2D eigenvalue weighted by Gasteiger charge is 2.63. The maximum Gasteiger partial charge on any atom is 0.369 e. The number of aliphatic hydroxyl groups is 1. The molecule has 18 heteroatoms. The molecule has 298 valence electrons. The Morgan fingerprint density at radius 2 is 1.60 bits per heavy atom. The zero-order valence-corrected chi connectivity index (χ0v) is 31.3. The fourth-order valence-corrected chi connectivity index (χ4v) is 6.05. The van der Waals surface area contributed by atoms with Crippen LogP contribution >= 0.6 is 0 Å². The summed E-state index contributed by atoms with van der Waals surface area (Å²) in [6, 6.07) is 12.9. The molecule has 1 aliphatic heterocycles. The minimum absolute atomic E-state index is 0.131. The van der Waals surface area contributed by atoms with E-state index in [0.29, 0.717) is 12.8 Å². The summed E-state index contributed by atoms with van der Waals surface area (Å²) in [5.74, 6) is -7.55. The highest BCUT2D eigenvalue weighted by Crippen LogP contribution is 2.37. The van der Waals surface area contributed by atoms with Gasteiger partial charge in [0.15, 0.2) is 12.2 Å². The summed E-state index contributed by atoms with van der Waals surface area (Å²) in [4.78, 5) is 79.0. The number of rotatable bonds is 19. The van der Waals surface area contributed by atoms with Crippen molar-refractivity contribution in [3.8, 4) is 11.1 Å². The zero-order chi connectivity index (χ0) is 40.5. The average Bonchev–Trinajstić information content (AvgIpc) is 3.15. The van der Waals surface area contributed by atoms with Crippen molar-refractivity contribution in [3.05, 3.63) is 70.6 Å². The molecule has 18 nitrogen and oxygen atoms in total. The van der Waals surface area contributed by atoms with Gasteiger partial charge in [0.2, 0.25) is 5.91 Å². The van der Waals surface area contributed by atoms with Gasteiger partial charge in [-0.25, -0.2) is 4.79 Å². The van der Waals surface area contributed by atoms with Crippen LogP contribution in [0.15, 0.2) is 59.7 Å². The Morgan fingerprint density at radius 1 is 0.945 bits per heavy atom. The van der Waals surface area contributed by atoms with Crippen LogP contribution in [0.5, 0.6) is 0 Å². The number of carbonyl (C=O) groups is 6. The molecule has 0 aliphatic carbocycles. The second-order valence-corrected chi connectivity index (χ2v) is 12.4. The fraction of sp³-hybridized carbons (Fsp3) is 0.514. The van der Waals surface area contributed by atoms with Gasteiger partial charge in [-0.1, -0.05) is 54.0 Å². The summed E-state index contributed by atoms with van der Waals surface area (Å²) in [5.41, 5.74) is 11.6. The number of amides is 2. The summed E-state index contributed by atoms with van der Waals surface area (Å²) in [5, 5.41) is 20.4. The zero-order valence-electron chi connectivity index (χ0n) is 31.3. The van der Waals surface area contributed by atoms with E-state index in [0.717, 1.165) is 39.0 Å². The minimum Gasteiger partial charge on any atom is -0.466 e. The Labute approximate surface area is 317 Å².